The molecule has 2 amide bonds. The number of furan rings is 1. The number of nitrogens with one attached hydrogen (secondary N) is 2. The van der Waals surface area contributed by atoms with Crippen LogP contribution in [0.25, 0.3) is 11.3 Å². The highest BCUT2D eigenvalue weighted by Gasteiger charge is 2.22. The Kier molecular flexibility index (Phi) is 9.56. The van der Waals surface area contributed by atoms with Crippen molar-refractivity contribution in [3.05, 3.63) is 75.5 Å². The lowest BCUT2D eigenvalue weighted by atomic mass is 10.0. The Balaban J connectivity index is 1.58. The number of para-hydroxylation sites is 1. The SMILES string of the molecule is Cc1cccc(C)c1OCC(=O)N[C@H](CC(C)C)C(=O)N/N=C\c1ccc(-c2ccc(Cl)cc2Cl)o1. The van der Waals surface area contributed by atoms with Gasteiger partial charge in [-0.15, -0.1) is 0 Å². The highest BCUT2D eigenvalue weighted by Crippen LogP contribution is 2.31. The van der Waals surface area contributed by atoms with Gasteiger partial charge in [-0.3, -0.25) is 9.59 Å². The summed E-state index contributed by atoms with van der Waals surface area (Å²) in [7, 11) is 0. The first-order valence-corrected chi connectivity index (χ1v) is 12.3. The molecule has 3 rings (SSSR count). The van der Waals surface area contributed by atoms with Crippen molar-refractivity contribution >= 4 is 41.2 Å². The largest absolute Gasteiger partial charge is 0.483 e. The summed E-state index contributed by atoms with van der Waals surface area (Å²) in [6.45, 7) is 7.57. The van der Waals surface area contributed by atoms with Crippen LogP contribution in [0, 0.1) is 19.8 Å². The second kappa shape index (κ2) is 12.6. The van der Waals surface area contributed by atoms with Crippen molar-refractivity contribution < 1.29 is 18.7 Å². The number of rotatable bonds is 10. The van der Waals surface area contributed by atoms with E-state index in [9.17, 15) is 9.59 Å². The number of hydrogen-bond acceptors (Lipinski definition) is 5. The quantitative estimate of drug-likeness (QED) is 0.251. The van der Waals surface area contributed by atoms with Crippen molar-refractivity contribution in [1.82, 2.24) is 10.7 Å². The Hall–Kier alpha value is -3.29. The molecular weight excluding hydrogens is 501 g/mol. The second-order valence-corrected chi connectivity index (χ2v) is 9.66. The lowest BCUT2D eigenvalue weighted by Gasteiger charge is -2.19. The minimum Gasteiger partial charge on any atom is -0.483 e. The molecule has 2 N–H and O–H groups in total. The van der Waals surface area contributed by atoms with Crippen LogP contribution >= 0.6 is 23.2 Å². The second-order valence-electron chi connectivity index (χ2n) is 8.82. The third-order valence-electron chi connectivity index (χ3n) is 5.31. The first-order valence-electron chi connectivity index (χ1n) is 11.5. The summed E-state index contributed by atoms with van der Waals surface area (Å²) in [4.78, 5) is 25.3. The maximum absolute atomic E-state index is 12.7. The smallest absolute Gasteiger partial charge is 0.262 e. The summed E-state index contributed by atoms with van der Waals surface area (Å²) in [6.07, 6.45) is 1.82. The molecule has 1 heterocycles. The van der Waals surface area contributed by atoms with Gasteiger partial charge in [-0.1, -0.05) is 55.2 Å². The maximum Gasteiger partial charge on any atom is 0.262 e. The van der Waals surface area contributed by atoms with E-state index in [0.717, 1.165) is 11.1 Å². The summed E-state index contributed by atoms with van der Waals surface area (Å²) in [5, 5.41) is 7.71. The van der Waals surface area contributed by atoms with Crippen LogP contribution in [0.5, 0.6) is 5.75 Å². The molecule has 0 unspecified atom stereocenters. The van der Waals surface area contributed by atoms with E-state index in [4.69, 9.17) is 32.4 Å². The zero-order valence-electron chi connectivity index (χ0n) is 20.6. The number of ether oxygens (including phenoxy) is 1. The normalized spacial score (nSPS) is 12.1. The van der Waals surface area contributed by atoms with Crippen LogP contribution in [-0.2, 0) is 9.59 Å². The lowest BCUT2D eigenvalue weighted by molar-refractivity contribution is -0.130. The standard InChI is InChI=1S/C27H29Cl2N3O4/c1-16(2)12-23(31-25(33)15-35-26-17(3)6-5-7-18(26)4)27(34)32-30-14-20-9-11-24(36-20)21-10-8-19(28)13-22(21)29/h5-11,13-14,16,23H,12,15H2,1-4H3,(H,31,33)(H,32,34)/b30-14-/t23-/m1/s1. The van der Waals surface area contributed by atoms with Gasteiger partial charge < -0.3 is 14.5 Å². The van der Waals surface area contributed by atoms with Crippen molar-refractivity contribution in [2.24, 2.45) is 11.0 Å². The molecule has 0 aliphatic carbocycles. The molecule has 0 saturated carbocycles. The van der Waals surface area contributed by atoms with Crippen LogP contribution in [0.4, 0.5) is 0 Å². The fraction of sp³-hybridized carbons (Fsp3) is 0.296. The fourth-order valence-electron chi connectivity index (χ4n) is 3.60. The predicted octanol–water partition coefficient (Wildman–Crippen LogP) is 5.93. The van der Waals surface area contributed by atoms with E-state index in [0.29, 0.717) is 39.3 Å². The third kappa shape index (κ3) is 7.60. The van der Waals surface area contributed by atoms with Gasteiger partial charge in [-0.2, -0.15) is 5.10 Å². The molecule has 2 aromatic carbocycles. The van der Waals surface area contributed by atoms with Crippen molar-refractivity contribution in [2.45, 2.75) is 40.2 Å². The van der Waals surface area contributed by atoms with Crippen LogP contribution in [0.2, 0.25) is 10.0 Å². The molecular formula is C27H29Cl2N3O4. The number of aryl methyl sites for hydroxylation is 2. The van der Waals surface area contributed by atoms with Crippen LogP contribution < -0.4 is 15.5 Å². The minimum atomic E-state index is -0.767. The number of carbonyl (C=O) groups excluding carboxylic acids is 2. The van der Waals surface area contributed by atoms with E-state index in [2.05, 4.69) is 15.8 Å². The van der Waals surface area contributed by atoms with Gasteiger partial charge in [0.05, 0.1) is 11.2 Å². The Labute approximate surface area is 220 Å². The Morgan fingerprint density at radius 2 is 1.81 bits per heavy atom. The van der Waals surface area contributed by atoms with E-state index in [1.807, 2.05) is 45.9 Å². The summed E-state index contributed by atoms with van der Waals surface area (Å²) in [5.41, 5.74) is 5.04. The molecule has 0 bridgehead atoms. The van der Waals surface area contributed by atoms with E-state index in [-0.39, 0.29) is 12.5 Å². The van der Waals surface area contributed by atoms with Crippen LogP contribution in [0.15, 0.2) is 58.0 Å². The van der Waals surface area contributed by atoms with Crippen LogP contribution in [0.1, 0.15) is 37.2 Å². The van der Waals surface area contributed by atoms with Gasteiger partial charge in [0.2, 0.25) is 0 Å². The van der Waals surface area contributed by atoms with Crippen molar-refractivity contribution in [3.8, 4) is 17.1 Å². The van der Waals surface area contributed by atoms with Gasteiger partial charge in [0.25, 0.3) is 11.8 Å². The Morgan fingerprint density at radius 3 is 2.47 bits per heavy atom. The first kappa shape index (κ1) is 27.3. The summed E-state index contributed by atoms with van der Waals surface area (Å²) < 4.78 is 11.4. The van der Waals surface area contributed by atoms with Gasteiger partial charge >= 0.3 is 0 Å². The minimum absolute atomic E-state index is 0.168. The Morgan fingerprint density at radius 1 is 1.08 bits per heavy atom. The molecule has 7 nitrogen and oxygen atoms in total. The monoisotopic (exact) mass is 529 g/mol. The molecule has 0 aliphatic heterocycles. The van der Waals surface area contributed by atoms with E-state index in [1.54, 1.807) is 30.3 Å². The molecule has 0 radical (unpaired) electrons. The predicted molar refractivity (Wildman–Crippen MR) is 143 cm³/mol. The maximum atomic E-state index is 12.7. The summed E-state index contributed by atoms with van der Waals surface area (Å²) in [5.74, 6) is 0.966. The highest BCUT2D eigenvalue weighted by molar-refractivity contribution is 6.36. The molecule has 190 valence electrons. The molecule has 0 saturated heterocycles. The zero-order chi connectivity index (χ0) is 26.2. The number of amides is 2. The molecule has 0 aliphatic rings. The number of nitrogens with zero attached hydrogens (tertiary/aromatic N) is 1. The van der Waals surface area contributed by atoms with E-state index >= 15 is 0 Å². The van der Waals surface area contributed by atoms with Crippen LogP contribution in [0.3, 0.4) is 0 Å². The van der Waals surface area contributed by atoms with Gasteiger partial charge in [-0.25, -0.2) is 5.43 Å². The first-order chi connectivity index (χ1) is 17.1. The van der Waals surface area contributed by atoms with Gasteiger partial charge in [-0.05, 0) is 67.6 Å². The van der Waals surface area contributed by atoms with Crippen molar-refractivity contribution in [3.63, 3.8) is 0 Å². The van der Waals surface area contributed by atoms with Gasteiger partial charge in [0.1, 0.15) is 23.3 Å². The average Bonchev–Trinajstić information content (AvgIpc) is 3.26. The molecule has 36 heavy (non-hydrogen) atoms. The number of benzene rings is 2. The van der Waals surface area contributed by atoms with Crippen LogP contribution in [-0.4, -0.2) is 30.7 Å². The van der Waals surface area contributed by atoms with E-state index in [1.165, 1.54) is 6.21 Å². The molecule has 1 aromatic heterocycles. The average molecular weight is 530 g/mol. The van der Waals surface area contributed by atoms with Crippen molar-refractivity contribution in [1.29, 1.82) is 0 Å². The fourth-order valence-corrected chi connectivity index (χ4v) is 4.10. The number of hydrogen-bond donors (Lipinski definition) is 2. The van der Waals surface area contributed by atoms with Gasteiger partial charge in [0.15, 0.2) is 6.61 Å². The topological polar surface area (TPSA) is 92.9 Å². The molecule has 1 atom stereocenters. The molecule has 9 heteroatoms. The number of carbonyl (C=O) groups is 2. The van der Waals surface area contributed by atoms with Gasteiger partial charge in [0, 0.05) is 10.6 Å². The summed E-state index contributed by atoms with van der Waals surface area (Å²) in [6, 6.07) is 13.5. The summed E-state index contributed by atoms with van der Waals surface area (Å²) >= 11 is 12.2. The zero-order valence-corrected chi connectivity index (χ0v) is 22.1. The molecule has 3 aromatic rings. The van der Waals surface area contributed by atoms with Crippen molar-refractivity contribution in [2.75, 3.05) is 6.61 Å². The Bertz CT molecular complexity index is 1230. The molecule has 0 fully saturated rings. The number of hydrazone groups is 1. The number of halogens is 2. The molecule has 0 spiro atoms. The van der Waals surface area contributed by atoms with E-state index < -0.39 is 17.9 Å². The third-order valence-corrected chi connectivity index (χ3v) is 5.85. The highest BCUT2D eigenvalue weighted by atomic mass is 35.5. The lowest BCUT2D eigenvalue weighted by Crippen LogP contribution is -2.47.